The molecule has 1 N–H and O–H groups in total. The number of rotatable bonds is 0. The van der Waals surface area contributed by atoms with Gasteiger partial charge in [-0.05, 0) is 12.3 Å². The van der Waals surface area contributed by atoms with E-state index in [1.807, 2.05) is 7.05 Å². The van der Waals surface area contributed by atoms with Crippen LogP contribution in [0.5, 0.6) is 0 Å². The summed E-state index contributed by atoms with van der Waals surface area (Å²) in [7, 11) is 1.85. The van der Waals surface area contributed by atoms with Crippen LogP contribution in [-0.4, -0.2) is 19.4 Å². The molecule has 1 rings (SSSR count). The van der Waals surface area contributed by atoms with Gasteiger partial charge in [-0.3, -0.25) is 4.99 Å². The van der Waals surface area contributed by atoms with Crippen LogP contribution in [-0.2, 0) is 0 Å². The lowest BCUT2D eigenvalue weighted by Gasteiger charge is -2.20. The van der Waals surface area contributed by atoms with Crippen molar-refractivity contribution in [3.05, 3.63) is 0 Å². The van der Waals surface area contributed by atoms with Gasteiger partial charge in [-0.2, -0.15) is 0 Å². The lowest BCUT2D eigenvalue weighted by molar-refractivity contribution is 0.505. The summed E-state index contributed by atoms with van der Waals surface area (Å²) in [6.45, 7) is 3.37. The van der Waals surface area contributed by atoms with Crippen LogP contribution in [0.3, 0.4) is 0 Å². The van der Waals surface area contributed by atoms with Crippen LogP contribution in [0.15, 0.2) is 4.99 Å². The van der Waals surface area contributed by atoms with Crippen molar-refractivity contribution in [2.24, 2.45) is 10.9 Å². The van der Waals surface area contributed by atoms with Gasteiger partial charge in [0.25, 0.3) is 0 Å². The van der Waals surface area contributed by atoms with Crippen molar-refractivity contribution in [1.29, 1.82) is 0 Å². The molecule has 1 unspecified atom stereocenters. The van der Waals surface area contributed by atoms with Gasteiger partial charge in [0.15, 0.2) is 0 Å². The van der Waals surface area contributed by atoms with Crippen LogP contribution < -0.4 is 5.32 Å². The Morgan fingerprint density at radius 2 is 2.44 bits per heavy atom. The first-order chi connectivity index (χ1) is 4.33. The van der Waals surface area contributed by atoms with Gasteiger partial charge in [-0.1, -0.05) is 6.92 Å². The van der Waals surface area contributed by atoms with Crippen LogP contribution in [0.1, 0.15) is 19.8 Å². The summed E-state index contributed by atoms with van der Waals surface area (Å²) in [6, 6.07) is 0. The van der Waals surface area contributed by atoms with Crippen LogP contribution >= 0.6 is 0 Å². The Kier molecular flexibility index (Phi) is 2.09. The Morgan fingerprint density at radius 3 is 2.89 bits per heavy atom. The molecular formula is C7H14N2. The fraction of sp³-hybridized carbons (Fsp3) is 0.857. The molecule has 9 heavy (non-hydrogen) atoms. The van der Waals surface area contributed by atoms with E-state index in [2.05, 4.69) is 17.2 Å². The lowest BCUT2D eigenvalue weighted by atomic mass is 10.00. The predicted molar refractivity (Wildman–Crippen MR) is 39.8 cm³/mol. The van der Waals surface area contributed by atoms with Gasteiger partial charge in [0.1, 0.15) is 0 Å². The summed E-state index contributed by atoms with van der Waals surface area (Å²) < 4.78 is 0. The Bertz CT molecular complexity index is 118. The van der Waals surface area contributed by atoms with E-state index in [0.29, 0.717) is 0 Å². The van der Waals surface area contributed by atoms with Gasteiger partial charge >= 0.3 is 0 Å². The normalized spacial score (nSPS) is 32.2. The highest BCUT2D eigenvalue weighted by Gasteiger charge is 2.11. The molecule has 2 nitrogen and oxygen atoms in total. The monoisotopic (exact) mass is 126 g/mol. The first-order valence-electron chi connectivity index (χ1n) is 3.52. The summed E-state index contributed by atoms with van der Waals surface area (Å²) in [5.41, 5.74) is 0. The third-order valence-electron chi connectivity index (χ3n) is 1.78. The molecule has 0 spiro atoms. The fourth-order valence-corrected chi connectivity index (χ4v) is 1.14. The second-order valence-electron chi connectivity index (χ2n) is 2.70. The zero-order valence-electron chi connectivity index (χ0n) is 6.15. The van der Waals surface area contributed by atoms with Crippen LogP contribution in [0, 0.1) is 5.92 Å². The molecule has 1 aliphatic rings. The molecule has 0 radical (unpaired) electrons. The van der Waals surface area contributed by atoms with Crippen molar-refractivity contribution in [3.63, 3.8) is 0 Å². The van der Waals surface area contributed by atoms with Crippen molar-refractivity contribution in [1.82, 2.24) is 5.32 Å². The number of nitrogens with zero attached hydrogens (tertiary/aromatic N) is 1. The highest BCUT2D eigenvalue weighted by Crippen LogP contribution is 2.10. The Morgan fingerprint density at radius 1 is 1.67 bits per heavy atom. The number of piperidine rings is 1. The van der Waals surface area contributed by atoms with E-state index in [0.717, 1.165) is 18.9 Å². The lowest BCUT2D eigenvalue weighted by Crippen LogP contribution is -2.32. The first-order valence-corrected chi connectivity index (χ1v) is 3.52. The maximum absolute atomic E-state index is 4.10. The standard InChI is InChI=1S/C7H14N2/c1-6-3-4-9-7(5-6)8-2/h6H,3-5H2,1-2H3,(H,8,9). The predicted octanol–water partition coefficient (Wildman–Crippen LogP) is 1.03. The van der Waals surface area contributed by atoms with Crippen LogP contribution in [0.4, 0.5) is 0 Å². The van der Waals surface area contributed by atoms with Gasteiger partial charge in [-0.15, -0.1) is 0 Å². The zero-order valence-corrected chi connectivity index (χ0v) is 6.15. The van der Waals surface area contributed by atoms with Crippen LogP contribution in [0.2, 0.25) is 0 Å². The number of hydrogen-bond donors (Lipinski definition) is 1. The molecule has 1 fully saturated rings. The SMILES string of the molecule is CN=C1CC(C)CCN1. The smallest absolute Gasteiger partial charge is 0.0962 e. The summed E-state index contributed by atoms with van der Waals surface area (Å²) in [4.78, 5) is 4.10. The molecule has 2 heteroatoms. The molecule has 1 atom stereocenters. The Balaban J connectivity index is 2.41. The number of nitrogens with one attached hydrogen (secondary N) is 1. The summed E-state index contributed by atoms with van der Waals surface area (Å²) in [5.74, 6) is 2.00. The van der Waals surface area contributed by atoms with Gasteiger partial charge < -0.3 is 5.32 Å². The molecule has 0 bridgehead atoms. The maximum atomic E-state index is 4.10. The molecule has 0 saturated carbocycles. The minimum Gasteiger partial charge on any atom is -0.374 e. The zero-order chi connectivity index (χ0) is 6.69. The highest BCUT2D eigenvalue weighted by atomic mass is 15.0. The van der Waals surface area contributed by atoms with Crippen molar-refractivity contribution < 1.29 is 0 Å². The van der Waals surface area contributed by atoms with Gasteiger partial charge in [0.2, 0.25) is 0 Å². The van der Waals surface area contributed by atoms with E-state index in [1.165, 1.54) is 12.3 Å². The first kappa shape index (κ1) is 6.59. The van der Waals surface area contributed by atoms with E-state index in [-0.39, 0.29) is 0 Å². The summed E-state index contributed by atoms with van der Waals surface area (Å²) in [5, 5.41) is 3.25. The van der Waals surface area contributed by atoms with Gasteiger partial charge in [0.05, 0.1) is 5.84 Å². The molecule has 1 heterocycles. The Labute approximate surface area is 56.4 Å². The molecule has 1 saturated heterocycles. The van der Waals surface area contributed by atoms with E-state index in [1.54, 1.807) is 0 Å². The number of amidine groups is 1. The molecular weight excluding hydrogens is 112 g/mol. The maximum Gasteiger partial charge on any atom is 0.0962 e. The molecule has 0 aromatic heterocycles. The van der Waals surface area contributed by atoms with Crippen molar-refractivity contribution in [3.8, 4) is 0 Å². The second-order valence-corrected chi connectivity index (χ2v) is 2.70. The molecule has 0 aromatic carbocycles. The van der Waals surface area contributed by atoms with Gasteiger partial charge in [0, 0.05) is 20.0 Å². The minimum atomic E-state index is 0.824. The average Bonchev–Trinajstić information content (AvgIpc) is 1.88. The molecule has 52 valence electrons. The summed E-state index contributed by atoms with van der Waals surface area (Å²) >= 11 is 0. The average molecular weight is 126 g/mol. The number of hydrogen-bond acceptors (Lipinski definition) is 1. The Hall–Kier alpha value is -0.530. The van der Waals surface area contributed by atoms with Crippen molar-refractivity contribution in [2.75, 3.05) is 13.6 Å². The van der Waals surface area contributed by atoms with Gasteiger partial charge in [-0.25, -0.2) is 0 Å². The van der Waals surface area contributed by atoms with Crippen LogP contribution in [0.25, 0.3) is 0 Å². The quantitative estimate of drug-likeness (QED) is 0.515. The number of aliphatic imine (C=N–C) groups is 1. The fourth-order valence-electron chi connectivity index (χ4n) is 1.14. The van der Waals surface area contributed by atoms with E-state index in [4.69, 9.17) is 0 Å². The largest absolute Gasteiger partial charge is 0.374 e. The molecule has 1 aliphatic heterocycles. The summed E-state index contributed by atoms with van der Waals surface area (Å²) in [6.07, 6.45) is 2.43. The van der Waals surface area contributed by atoms with Crippen molar-refractivity contribution in [2.45, 2.75) is 19.8 Å². The molecule has 0 amide bonds. The van der Waals surface area contributed by atoms with E-state index in [9.17, 15) is 0 Å². The third kappa shape index (κ3) is 1.70. The molecule has 0 aliphatic carbocycles. The minimum absolute atomic E-state index is 0.824. The highest BCUT2D eigenvalue weighted by molar-refractivity contribution is 5.82. The third-order valence-corrected chi connectivity index (χ3v) is 1.78. The van der Waals surface area contributed by atoms with Crippen molar-refractivity contribution >= 4 is 5.84 Å². The topological polar surface area (TPSA) is 24.4 Å². The molecule has 0 aromatic rings. The van der Waals surface area contributed by atoms with E-state index < -0.39 is 0 Å². The second kappa shape index (κ2) is 2.85. The van der Waals surface area contributed by atoms with E-state index >= 15 is 0 Å².